The minimum Gasteiger partial charge on any atom is -0.389 e. The van der Waals surface area contributed by atoms with E-state index in [-0.39, 0.29) is 5.92 Å². The minimum absolute atomic E-state index is 0.209. The SMILES string of the molecule is C=CCC1(O)CCc2ccccc2C1C. The van der Waals surface area contributed by atoms with Crippen molar-refractivity contribution in [1.82, 2.24) is 0 Å². The first kappa shape index (κ1) is 10.4. The lowest BCUT2D eigenvalue weighted by atomic mass is 9.71. The highest BCUT2D eigenvalue weighted by Gasteiger charge is 2.37. The highest BCUT2D eigenvalue weighted by Crippen LogP contribution is 2.40. The van der Waals surface area contributed by atoms with Gasteiger partial charge in [-0.2, -0.15) is 0 Å². The van der Waals surface area contributed by atoms with Crippen molar-refractivity contribution in [2.75, 3.05) is 0 Å². The molecule has 80 valence electrons. The molecule has 0 radical (unpaired) electrons. The molecule has 0 bridgehead atoms. The first-order valence-corrected chi connectivity index (χ1v) is 5.58. The molecule has 0 aromatic heterocycles. The molecule has 1 aliphatic carbocycles. The van der Waals surface area contributed by atoms with E-state index in [0.29, 0.717) is 6.42 Å². The predicted octanol–water partition coefficient (Wildman–Crippen LogP) is 3.04. The molecule has 0 amide bonds. The minimum atomic E-state index is -0.587. The Hall–Kier alpha value is -1.08. The van der Waals surface area contributed by atoms with Crippen molar-refractivity contribution >= 4 is 0 Å². The van der Waals surface area contributed by atoms with Crippen LogP contribution in [0.3, 0.4) is 0 Å². The maximum atomic E-state index is 10.5. The Morgan fingerprint density at radius 1 is 1.53 bits per heavy atom. The molecular weight excluding hydrogens is 184 g/mol. The summed E-state index contributed by atoms with van der Waals surface area (Å²) in [4.78, 5) is 0. The van der Waals surface area contributed by atoms with Gasteiger partial charge in [-0.05, 0) is 30.4 Å². The molecule has 1 heteroatoms. The monoisotopic (exact) mass is 202 g/mol. The second kappa shape index (κ2) is 3.82. The third-order valence-corrected chi connectivity index (χ3v) is 3.65. The summed E-state index contributed by atoms with van der Waals surface area (Å²) in [5.74, 6) is 0.209. The Kier molecular flexibility index (Phi) is 2.66. The Balaban J connectivity index is 2.36. The van der Waals surface area contributed by atoms with Crippen molar-refractivity contribution in [3.63, 3.8) is 0 Å². The molecule has 0 fully saturated rings. The van der Waals surface area contributed by atoms with Gasteiger partial charge in [0.25, 0.3) is 0 Å². The van der Waals surface area contributed by atoms with Crippen molar-refractivity contribution in [2.24, 2.45) is 0 Å². The largest absolute Gasteiger partial charge is 0.389 e. The van der Waals surface area contributed by atoms with Crippen LogP contribution in [-0.4, -0.2) is 10.7 Å². The lowest BCUT2D eigenvalue weighted by molar-refractivity contribution is 0.00564. The molecule has 2 atom stereocenters. The van der Waals surface area contributed by atoms with Crippen LogP contribution in [0.4, 0.5) is 0 Å². The van der Waals surface area contributed by atoms with Crippen LogP contribution >= 0.6 is 0 Å². The molecule has 0 heterocycles. The maximum absolute atomic E-state index is 10.5. The zero-order chi connectivity index (χ0) is 10.9. The number of rotatable bonds is 2. The molecule has 1 N–H and O–H groups in total. The van der Waals surface area contributed by atoms with E-state index in [1.807, 2.05) is 6.08 Å². The molecule has 1 aromatic carbocycles. The average molecular weight is 202 g/mol. The maximum Gasteiger partial charge on any atom is 0.0750 e. The van der Waals surface area contributed by atoms with E-state index in [1.165, 1.54) is 11.1 Å². The van der Waals surface area contributed by atoms with Crippen LogP contribution in [0, 0.1) is 0 Å². The van der Waals surface area contributed by atoms with Crippen LogP contribution in [0.1, 0.15) is 36.8 Å². The second-order valence-corrected chi connectivity index (χ2v) is 4.52. The third kappa shape index (κ3) is 1.72. The van der Waals surface area contributed by atoms with Gasteiger partial charge in [0.2, 0.25) is 0 Å². The Labute approximate surface area is 91.4 Å². The van der Waals surface area contributed by atoms with Gasteiger partial charge in [0.15, 0.2) is 0 Å². The highest BCUT2D eigenvalue weighted by molar-refractivity contribution is 5.35. The summed E-state index contributed by atoms with van der Waals surface area (Å²) in [5, 5.41) is 10.5. The van der Waals surface area contributed by atoms with Crippen LogP contribution in [0.2, 0.25) is 0 Å². The second-order valence-electron chi connectivity index (χ2n) is 4.52. The van der Waals surface area contributed by atoms with Gasteiger partial charge in [0.1, 0.15) is 0 Å². The van der Waals surface area contributed by atoms with E-state index < -0.39 is 5.60 Å². The first-order chi connectivity index (χ1) is 7.17. The number of hydrogen-bond donors (Lipinski definition) is 1. The Bertz CT molecular complexity index is 369. The summed E-state index contributed by atoms with van der Waals surface area (Å²) in [5.41, 5.74) is 2.10. The van der Waals surface area contributed by atoms with Gasteiger partial charge in [-0.25, -0.2) is 0 Å². The summed E-state index contributed by atoms with van der Waals surface area (Å²) in [6.45, 7) is 5.84. The van der Waals surface area contributed by atoms with Gasteiger partial charge < -0.3 is 5.11 Å². The van der Waals surface area contributed by atoms with Gasteiger partial charge in [-0.1, -0.05) is 37.3 Å². The zero-order valence-corrected chi connectivity index (χ0v) is 9.24. The van der Waals surface area contributed by atoms with Crippen LogP contribution in [0.25, 0.3) is 0 Å². The summed E-state index contributed by atoms with van der Waals surface area (Å²) >= 11 is 0. The van der Waals surface area contributed by atoms with Crippen LogP contribution < -0.4 is 0 Å². The molecule has 0 aliphatic heterocycles. The third-order valence-electron chi connectivity index (χ3n) is 3.65. The van der Waals surface area contributed by atoms with Crippen LogP contribution in [0.15, 0.2) is 36.9 Å². The molecular formula is C14H18O. The van der Waals surface area contributed by atoms with Gasteiger partial charge in [-0.15, -0.1) is 6.58 Å². The lowest BCUT2D eigenvalue weighted by Crippen LogP contribution is -2.38. The molecule has 0 saturated carbocycles. The normalized spacial score (nSPS) is 29.6. The number of aliphatic hydroxyl groups is 1. The predicted molar refractivity (Wildman–Crippen MR) is 62.9 cm³/mol. The van der Waals surface area contributed by atoms with Gasteiger partial charge in [0.05, 0.1) is 5.60 Å². The number of aryl methyl sites for hydroxylation is 1. The van der Waals surface area contributed by atoms with Crippen LogP contribution in [-0.2, 0) is 6.42 Å². The Morgan fingerprint density at radius 2 is 2.27 bits per heavy atom. The van der Waals surface area contributed by atoms with E-state index in [0.717, 1.165) is 12.8 Å². The average Bonchev–Trinajstić information content (AvgIpc) is 2.25. The number of hydrogen-bond acceptors (Lipinski definition) is 1. The van der Waals surface area contributed by atoms with E-state index in [4.69, 9.17) is 0 Å². The lowest BCUT2D eigenvalue weighted by Gasteiger charge is -2.39. The van der Waals surface area contributed by atoms with E-state index in [2.05, 4.69) is 37.8 Å². The molecule has 2 unspecified atom stereocenters. The molecule has 0 saturated heterocycles. The van der Waals surface area contributed by atoms with Crippen molar-refractivity contribution in [3.05, 3.63) is 48.0 Å². The fraction of sp³-hybridized carbons (Fsp3) is 0.429. The van der Waals surface area contributed by atoms with Crippen LogP contribution in [0.5, 0.6) is 0 Å². The van der Waals surface area contributed by atoms with Crippen molar-refractivity contribution < 1.29 is 5.11 Å². The quantitative estimate of drug-likeness (QED) is 0.731. The van der Waals surface area contributed by atoms with E-state index in [1.54, 1.807) is 0 Å². The molecule has 0 spiro atoms. The fourth-order valence-corrected chi connectivity index (χ4v) is 2.57. The van der Waals surface area contributed by atoms with Gasteiger partial charge in [-0.3, -0.25) is 0 Å². The summed E-state index contributed by atoms with van der Waals surface area (Å²) in [6.07, 6.45) is 4.33. The standard InChI is InChI=1S/C14H18O/c1-3-9-14(15)10-8-12-6-4-5-7-13(12)11(14)2/h3-7,11,15H,1,8-10H2,2H3. The summed E-state index contributed by atoms with van der Waals surface area (Å²) in [7, 11) is 0. The smallest absolute Gasteiger partial charge is 0.0750 e. The summed E-state index contributed by atoms with van der Waals surface area (Å²) < 4.78 is 0. The van der Waals surface area contributed by atoms with Crippen molar-refractivity contribution in [3.8, 4) is 0 Å². The molecule has 2 rings (SSSR count). The molecule has 1 aliphatic rings. The van der Waals surface area contributed by atoms with Gasteiger partial charge in [0, 0.05) is 5.92 Å². The fourth-order valence-electron chi connectivity index (χ4n) is 2.57. The molecule has 15 heavy (non-hydrogen) atoms. The number of benzene rings is 1. The first-order valence-electron chi connectivity index (χ1n) is 5.58. The highest BCUT2D eigenvalue weighted by atomic mass is 16.3. The molecule has 1 aromatic rings. The summed E-state index contributed by atoms with van der Waals surface area (Å²) in [6, 6.07) is 8.42. The topological polar surface area (TPSA) is 20.2 Å². The van der Waals surface area contributed by atoms with Crippen molar-refractivity contribution in [1.29, 1.82) is 0 Å². The number of fused-ring (bicyclic) bond motifs is 1. The Morgan fingerprint density at radius 3 is 3.00 bits per heavy atom. The zero-order valence-electron chi connectivity index (χ0n) is 9.24. The van der Waals surface area contributed by atoms with E-state index >= 15 is 0 Å². The van der Waals surface area contributed by atoms with E-state index in [9.17, 15) is 5.11 Å². The molecule has 1 nitrogen and oxygen atoms in total. The van der Waals surface area contributed by atoms with Crippen molar-refractivity contribution in [2.45, 2.75) is 37.7 Å². The van der Waals surface area contributed by atoms with Gasteiger partial charge >= 0.3 is 0 Å².